The molecule has 1 N–H and O–H groups in total. The molecule has 94 valence electrons. The number of hydrogen-bond donors (Lipinski definition) is 1. The molecule has 0 amide bonds. The smallest absolute Gasteiger partial charge is 0.0100 e. The average molecular weight is 223 g/mol. The van der Waals surface area contributed by atoms with Gasteiger partial charge in [-0.15, -0.1) is 6.58 Å². The molecule has 1 heteroatoms. The molecular formula is C15H29N. The zero-order valence-corrected chi connectivity index (χ0v) is 11.3. The van der Waals surface area contributed by atoms with E-state index in [1.807, 2.05) is 6.08 Å². The van der Waals surface area contributed by atoms with Crippen molar-refractivity contribution in [2.75, 3.05) is 0 Å². The van der Waals surface area contributed by atoms with Gasteiger partial charge in [-0.3, -0.25) is 0 Å². The fourth-order valence-electron chi connectivity index (χ4n) is 2.98. The Morgan fingerprint density at radius 1 is 1.25 bits per heavy atom. The predicted octanol–water partition coefficient (Wildman–Crippen LogP) is 4.15. The Bertz CT molecular complexity index is 198. The fourth-order valence-corrected chi connectivity index (χ4v) is 2.98. The first-order valence-electron chi connectivity index (χ1n) is 7.02. The second kappa shape index (κ2) is 7.11. The molecular weight excluding hydrogens is 194 g/mol. The molecule has 1 fully saturated rings. The van der Waals surface area contributed by atoms with Crippen LogP contribution < -0.4 is 5.32 Å². The van der Waals surface area contributed by atoms with Gasteiger partial charge < -0.3 is 5.32 Å². The van der Waals surface area contributed by atoms with Gasteiger partial charge in [0.25, 0.3) is 0 Å². The number of hydrogen-bond acceptors (Lipinski definition) is 1. The largest absolute Gasteiger partial charge is 0.311 e. The summed E-state index contributed by atoms with van der Waals surface area (Å²) in [6.45, 7) is 10.9. The molecule has 0 aromatic heterocycles. The van der Waals surface area contributed by atoms with E-state index in [0.717, 1.165) is 24.3 Å². The van der Waals surface area contributed by atoms with Gasteiger partial charge in [-0.1, -0.05) is 32.8 Å². The molecule has 1 saturated carbocycles. The Kier molecular flexibility index (Phi) is 6.12. The van der Waals surface area contributed by atoms with E-state index < -0.39 is 0 Å². The van der Waals surface area contributed by atoms with Gasteiger partial charge in [-0.05, 0) is 44.4 Å². The van der Waals surface area contributed by atoms with Crippen LogP contribution in [0.1, 0.15) is 59.3 Å². The molecule has 0 aromatic rings. The van der Waals surface area contributed by atoms with E-state index in [4.69, 9.17) is 0 Å². The van der Waals surface area contributed by atoms with Crippen molar-refractivity contribution in [1.82, 2.24) is 5.32 Å². The van der Waals surface area contributed by atoms with Gasteiger partial charge in [-0.2, -0.15) is 0 Å². The highest BCUT2D eigenvalue weighted by Crippen LogP contribution is 2.30. The zero-order chi connectivity index (χ0) is 12.0. The van der Waals surface area contributed by atoms with Gasteiger partial charge >= 0.3 is 0 Å². The fraction of sp³-hybridized carbons (Fsp3) is 0.867. The quantitative estimate of drug-likeness (QED) is 0.667. The van der Waals surface area contributed by atoms with Crippen LogP contribution >= 0.6 is 0 Å². The third-order valence-electron chi connectivity index (χ3n) is 3.98. The third-order valence-corrected chi connectivity index (χ3v) is 3.98. The Morgan fingerprint density at radius 2 is 1.94 bits per heavy atom. The molecule has 3 atom stereocenters. The first-order valence-corrected chi connectivity index (χ1v) is 7.02. The van der Waals surface area contributed by atoms with E-state index in [1.54, 1.807) is 0 Å². The third kappa shape index (κ3) is 4.29. The second-order valence-electron chi connectivity index (χ2n) is 5.73. The molecule has 1 rings (SSSR count). The molecule has 0 spiro atoms. The molecule has 1 aliphatic carbocycles. The van der Waals surface area contributed by atoms with Crippen molar-refractivity contribution in [3.05, 3.63) is 12.7 Å². The van der Waals surface area contributed by atoms with Crippen LogP contribution in [0.3, 0.4) is 0 Å². The Labute approximate surface area is 102 Å². The predicted molar refractivity (Wildman–Crippen MR) is 72.6 cm³/mol. The highest BCUT2D eigenvalue weighted by atomic mass is 15.0. The SMILES string of the molecule is C=CCCC(C)NC1CCCCC1C(C)C. The normalized spacial score (nSPS) is 28.0. The van der Waals surface area contributed by atoms with Gasteiger partial charge in [0.1, 0.15) is 0 Å². The first-order chi connectivity index (χ1) is 7.65. The summed E-state index contributed by atoms with van der Waals surface area (Å²) in [5, 5.41) is 3.84. The van der Waals surface area contributed by atoms with E-state index in [2.05, 4.69) is 32.7 Å². The number of allylic oxidation sites excluding steroid dienone is 1. The van der Waals surface area contributed by atoms with Crippen molar-refractivity contribution in [3.63, 3.8) is 0 Å². The molecule has 0 bridgehead atoms. The summed E-state index contributed by atoms with van der Waals surface area (Å²) in [5.41, 5.74) is 0. The summed E-state index contributed by atoms with van der Waals surface area (Å²) in [6.07, 6.45) is 10.0. The standard InChI is InChI=1S/C15H29N/c1-5-6-9-13(4)16-15-11-8-7-10-14(15)12(2)3/h5,12-16H,1,6-11H2,2-4H3. The lowest BCUT2D eigenvalue weighted by Gasteiger charge is -2.36. The van der Waals surface area contributed by atoms with Crippen molar-refractivity contribution in [2.24, 2.45) is 11.8 Å². The average Bonchev–Trinajstić information content (AvgIpc) is 2.27. The molecule has 0 radical (unpaired) electrons. The van der Waals surface area contributed by atoms with Gasteiger partial charge in [0.2, 0.25) is 0 Å². The lowest BCUT2D eigenvalue weighted by atomic mass is 9.77. The minimum atomic E-state index is 0.641. The molecule has 16 heavy (non-hydrogen) atoms. The second-order valence-corrected chi connectivity index (χ2v) is 5.73. The Hall–Kier alpha value is -0.300. The maximum absolute atomic E-state index is 3.84. The Balaban J connectivity index is 2.39. The van der Waals surface area contributed by atoms with Crippen LogP contribution in [0.2, 0.25) is 0 Å². The van der Waals surface area contributed by atoms with Crippen LogP contribution in [0.5, 0.6) is 0 Å². The lowest BCUT2D eigenvalue weighted by molar-refractivity contribution is 0.192. The Morgan fingerprint density at radius 3 is 2.56 bits per heavy atom. The van der Waals surface area contributed by atoms with Crippen LogP contribution in [-0.2, 0) is 0 Å². The molecule has 0 aromatic carbocycles. The summed E-state index contributed by atoms with van der Waals surface area (Å²) in [6, 6.07) is 1.40. The van der Waals surface area contributed by atoms with Crippen LogP contribution in [-0.4, -0.2) is 12.1 Å². The maximum Gasteiger partial charge on any atom is 0.0100 e. The van der Waals surface area contributed by atoms with Crippen molar-refractivity contribution in [1.29, 1.82) is 0 Å². The lowest BCUT2D eigenvalue weighted by Crippen LogP contribution is -2.44. The van der Waals surface area contributed by atoms with E-state index >= 15 is 0 Å². The summed E-state index contributed by atoms with van der Waals surface area (Å²) in [5.74, 6) is 1.71. The minimum absolute atomic E-state index is 0.641. The van der Waals surface area contributed by atoms with Crippen molar-refractivity contribution in [3.8, 4) is 0 Å². The minimum Gasteiger partial charge on any atom is -0.311 e. The van der Waals surface area contributed by atoms with Crippen molar-refractivity contribution in [2.45, 2.75) is 71.4 Å². The topological polar surface area (TPSA) is 12.0 Å². The van der Waals surface area contributed by atoms with Crippen LogP contribution in [0, 0.1) is 11.8 Å². The van der Waals surface area contributed by atoms with E-state index in [-0.39, 0.29) is 0 Å². The summed E-state index contributed by atoms with van der Waals surface area (Å²) in [4.78, 5) is 0. The van der Waals surface area contributed by atoms with E-state index in [1.165, 1.54) is 32.1 Å². The molecule has 0 heterocycles. The van der Waals surface area contributed by atoms with E-state index in [0.29, 0.717) is 6.04 Å². The van der Waals surface area contributed by atoms with Gasteiger partial charge in [-0.25, -0.2) is 0 Å². The highest BCUT2D eigenvalue weighted by molar-refractivity contribution is 4.85. The summed E-state index contributed by atoms with van der Waals surface area (Å²) < 4.78 is 0. The summed E-state index contributed by atoms with van der Waals surface area (Å²) in [7, 11) is 0. The van der Waals surface area contributed by atoms with E-state index in [9.17, 15) is 0 Å². The van der Waals surface area contributed by atoms with Gasteiger partial charge in [0.15, 0.2) is 0 Å². The molecule has 1 nitrogen and oxygen atoms in total. The number of nitrogens with one attached hydrogen (secondary N) is 1. The molecule has 1 aliphatic rings. The number of rotatable bonds is 6. The van der Waals surface area contributed by atoms with Crippen molar-refractivity contribution < 1.29 is 0 Å². The van der Waals surface area contributed by atoms with Crippen LogP contribution in [0.25, 0.3) is 0 Å². The van der Waals surface area contributed by atoms with Crippen LogP contribution in [0.15, 0.2) is 12.7 Å². The monoisotopic (exact) mass is 223 g/mol. The van der Waals surface area contributed by atoms with Crippen LogP contribution in [0.4, 0.5) is 0 Å². The summed E-state index contributed by atoms with van der Waals surface area (Å²) >= 11 is 0. The maximum atomic E-state index is 3.84. The first kappa shape index (κ1) is 13.8. The van der Waals surface area contributed by atoms with Gasteiger partial charge in [0, 0.05) is 12.1 Å². The zero-order valence-electron chi connectivity index (χ0n) is 11.3. The highest BCUT2D eigenvalue weighted by Gasteiger charge is 2.27. The van der Waals surface area contributed by atoms with Crippen molar-refractivity contribution >= 4 is 0 Å². The molecule has 3 unspecified atom stereocenters. The molecule has 0 aliphatic heterocycles. The molecule has 0 saturated heterocycles. The van der Waals surface area contributed by atoms with Gasteiger partial charge in [0.05, 0.1) is 0 Å².